The van der Waals surface area contributed by atoms with Crippen LogP contribution in [0.25, 0.3) is 0 Å². The second-order valence-electron chi connectivity index (χ2n) is 9.81. The van der Waals surface area contributed by atoms with Gasteiger partial charge < -0.3 is 26.5 Å². The second kappa shape index (κ2) is 22.4. The van der Waals surface area contributed by atoms with E-state index in [-0.39, 0.29) is 18.1 Å². The standard InChI is InChI=1S/C6H13NO2.C6H15N.C6H10O3.C6H12O/c1-4(2)3-5(7)6(8)9;1-5(2)4-6(3)7;1-4(2)3-5(7)6(8)9;1-5(2)4-6(3)7/h4-5H,3,7H2,1-2H3,(H,8,9);5-6H,4,7H2,1-3H3;4H,3H2,1-2H3,(H,8,9);5H,4H2,1-3H3/t5-;6-;;/m01../s1. The molecule has 0 amide bonds. The van der Waals surface area contributed by atoms with Crippen molar-refractivity contribution in [2.24, 2.45) is 35.1 Å². The van der Waals surface area contributed by atoms with Crippen molar-refractivity contribution in [1.82, 2.24) is 0 Å². The molecule has 0 saturated heterocycles. The highest BCUT2D eigenvalue weighted by atomic mass is 16.4. The summed E-state index contributed by atoms with van der Waals surface area (Å²) in [5, 5.41) is 16.4. The van der Waals surface area contributed by atoms with E-state index in [1.165, 1.54) is 0 Å². The lowest BCUT2D eigenvalue weighted by Crippen LogP contribution is -2.31. The van der Waals surface area contributed by atoms with Gasteiger partial charge in [-0.1, -0.05) is 55.4 Å². The Kier molecular flexibility index (Phi) is 26.3. The largest absolute Gasteiger partial charge is 0.480 e. The summed E-state index contributed by atoms with van der Waals surface area (Å²) >= 11 is 0. The third-order valence-corrected chi connectivity index (χ3v) is 3.41. The van der Waals surface area contributed by atoms with Crippen LogP contribution in [0.4, 0.5) is 0 Å². The molecule has 0 fully saturated rings. The highest BCUT2D eigenvalue weighted by Gasteiger charge is 2.12. The van der Waals surface area contributed by atoms with Crippen molar-refractivity contribution in [2.45, 2.75) is 107 Å². The number of carboxylic acid groups (broad SMARTS) is 2. The molecule has 0 aromatic carbocycles. The predicted octanol–water partition coefficient (Wildman–Crippen LogP) is 4.13. The van der Waals surface area contributed by atoms with Gasteiger partial charge in [-0.3, -0.25) is 9.59 Å². The summed E-state index contributed by atoms with van der Waals surface area (Å²) in [5.41, 5.74) is 10.7. The number of Topliss-reactive ketones (excluding diaryl/α,β-unsaturated/α-hetero) is 2. The maximum atomic E-state index is 10.4. The molecule has 0 unspecified atom stereocenters. The van der Waals surface area contributed by atoms with E-state index in [0.29, 0.717) is 24.3 Å². The van der Waals surface area contributed by atoms with Crippen LogP contribution in [0.1, 0.15) is 94.9 Å². The van der Waals surface area contributed by atoms with E-state index in [4.69, 9.17) is 21.7 Å². The highest BCUT2D eigenvalue weighted by molar-refractivity contribution is 6.32. The number of hydrogen-bond acceptors (Lipinski definition) is 6. The van der Waals surface area contributed by atoms with E-state index in [1.54, 1.807) is 20.8 Å². The molecular formula is C24H50N2O6. The Morgan fingerprint density at radius 1 is 0.656 bits per heavy atom. The monoisotopic (exact) mass is 462 g/mol. The number of aliphatic carboxylic acids is 2. The summed E-state index contributed by atoms with van der Waals surface area (Å²) in [6, 6.07) is -0.315. The first-order valence-electron chi connectivity index (χ1n) is 11.3. The molecule has 0 aliphatic carbocycles. The number of carbonyl (C=O) groups excluding carboxylic acids is 2. The van der Waals surface area contributed by atoms with Crippen LogP contribution in [0, 0.1) is 23.7 Å². The Morgan fingerprint density at radius 3 is 1.09 bits per heavy atom. The van der Waals surface area contributed by atoms with Crippen LogP contribution in [-0.4, -0.2) is 45.8 Å². The van der Waals surface area contributed by atoms with Crippen molar-refractivity contribution in [3.05, 3.63) is 0 Å². The summed E-state index contributed by atoms with van der Waals surface area (Å²) in [6.45, 7) is 19.6. The molecule has 0 aliphatic rings. The van der Waals surface area contributed by atoms with Crippen molar-refractivity contribution in [2.75, 3.05) is 0 Å². The lowest BCUT2D eigenvalue weighted by atomic mass is 10.1. The summed E-state index contributed by atoms with van der Waals surface area (Å²) in [6.07, 6.45) is 2.55. The van der Waals surface area contributed by atoms with E-state index in [1.807, 2.05) is 34.6 Å². The Labute approximate surface area is 195 Å². The number of rotatable bonds is 10. The molecule has 0 aliphatic heterocycles. The number of carbonyl (C=O) groups is 4. The van der Waals surface area contributed by atoms with Gasteiger partial charge in [-0.05, 0) is 50.4 Å². The predicted molar refractivity (Wildman–Crippen MR) is 130 cm³/mol. The van der Waals surface area contributed by atoms with Crippen LogP contribution in [0.2, 0.25) is 0 Å². The molecule has 8 nitrogen and oxygen atoms in total. The van der Waals surface area contributed by atoms with Crippen LogP contribution in [0.3, 0.4) is 0 Å². The van der Waals surface area contributed by atoms with Gasteiger partial charge in [0.1, 0.15) is 11.8 Å². The molecule has 0 bridgehead atoms. The Bertz CT molecular complexity index is 509. The van der Waals surface area contributed by atoms with Gasteiger partial charge >= 0.3 is 11.9 Å². The van der Waals surface area contributed by atoms with E-state index >= 15 is 0 Å². The van der Waals surface area contributed by atoms with Crippen molar-refractivity contribution in [3.63, 3.8) is 0 Å². The minimum Gasteiger partial charge on any atom is -0.480 e. The molecule has 32 heavy (non-hydrogen) atoms. The molecule has 0 aromatic heterocycles. The molecule has 0 rings (SSSR count). The lowest BCUT2D eigenvalue weighted by Gasteiger charge is -2.07. The van der Waals surface area contributed by atoms with E-state index in [2.05, 4.69) is 13.8 Å². The molecule has 8 heteroatoms. The Hall–Kier alpha value is -1.80. The first kappa shape index (κ1) is 37.5. The first-order valence-corrected chi connectivity index (χ1v) is 11.3. The average molecular weight is 463 g/mol. The summed E-state index contributed by atoms with van der Waals surface area (Å²) in [7, 11) is 0. The van der Waals surface area contributed by atoms with E-state index in [0.717, 1.165) is 18.8 Å². The molecule has 0 heterocycles. The minimum absolute atomic E-state index is 0.133. The number of carboxylic acids is 2. The fraction of sp³-hybridized carbons (Fsp3) is 0.833. The zero-order valence-corrected chi connectivity index (χ0v) is 22.0. The van der Waals surface area contributed by atoms with Crippen LogP contribution in [-0.2, 0) is 19.2 Å². The van der Waals surface area contributed by atoms with Crippen molar-refractivity contribution in [3.8, 4) is 0 Å². The van der Waals surface area contributed by atoms with Crippen molar-refractivity contribution >= 4 is 23.5 Å². The quantitative estimate of drug-likeness (QED) is 0.352. The van der Waals surface area contributed by atoms with Gasteiger partial charge in [0.05, 0.1) is 0 Å². The molecular weight excluding hydrogens is 412 g/mol. The Morgan fingerprint density at radius 2 is 1.03 bits per heavy atom. The maximum absolute atomic E-state index is 10.4. The van der Waals surface area contributed by atoms with Gasteiger partial charge in [0.25, 0.3) is 0 Å². The number of ketones is 2. The molecule has 0 spiro atoms. The molecule has 6 N–H and O–H groups in total. The van der Waals surface area contributed by atoms with Crippen LogP contribution < -0.4 is 11.5 Å². The van der Waals surface area contributed by atoms with E-state index in [9.17, 15) is 19.2 Å². The second-order valence-corrected chi connectivity index (χ2v) is 9.81. The summed E-state index contributed by atoms with van der Waals surface area (Å²) in [5.74, 6) is -0.894. The van der Waals surface area contributed by atoms with Gasteiger partial charge in [-0.2, -0.15) is 0 Å². The van der Waals surface area contributed by atoms with Crippen molar-refractivity contribution < 1.29 is 29.4 Å². The molecule has 2 atom stereocenters. The highest BCUT2D eigenvalue weighted by Crippen LogP contribution is 2.02. The molecule has 0 saturated carbocycles. The molecule has 192 valence electrons. The van der Waals surface area contributed by atoms with Gasteiger partial charge in [0.15, 0.2) is 0 Å². The number of hydrogen-bond donors (Lipinski definition) is 4. The Balaban J connectivity index is -0.000000165. The topological polar surface area (TPSA) is 161 Å². The van der Waals surface area contributed by atoms with Crippen LogP contribution >= 0.6 is 0 Å². The third kappa shape index (κ3) is 42.3. The van der Waals surface area contributed by atoms with Crippen LogP contribution in [0.5, 0.6) is 0 Å². The van der Waals surface area contributed by atoms with E-state index < -0.39 is 23.8 Å². The summed E-state index contributed by atoms with van der Waals surface area (Å²) in [4.78, 5) is 40.6. The smallest absolute Gasteiger partial charge is 0.372 e. The van der Waals surface area contributed by atoms with Gasteiger partial charge in [0, 0.05) is 18.9 Å². The van der Waals surface area contributed by atoms with Crippen molar-refractivity contribution in [1.29, 1.82) is 0 Å². The normalized spacial score (nSPS) is 12.0. The fourth-order valence-corrected chi connectivity index (χ4v) is 2.39. The van der Waals surface area contributed by atoms with Gasteiger partial charge in [-0.15, -0.1) is 0 Å². The van der Waals surface area contributed by atoms with Gasteiger partial charge in [-0.25, -0.2) is 4.79 Å². The minimum atomic E-state index is -1.33. The van der Waals surface area contributed by atoms with Crippen LogP contribution in [0.15, 0.2) is 0 Å². The SMILES string of the molecule is CC(=O)CC(C)C.CC(C)CC(=O)C(=O)O.CC(C)C[C@@H](C)N.CC(C)C[C@H](N)C(=O)O. The fourth-order valence-electron chi connectivity index (χ4n) is 2.39. The zero-order chi connectivity index (χ0) is 26.6. The average Bonchev–Trinajstić information content (AvgIpc) is 2.52. The number of nitrogens with two attached hydrogens (primary N) is 2. The first-order chi connectivity index (χ1) is 14.3. The molecule has 0 radical (unpaired) electrons. The van der Waals surface area contributed by atoms with Gasteiger partial charge in [0.2, 0.25) is 5.78 Å². The lowest BCUT2D eigenvalue weighted by molar-refractivity contribution is -0.149. The molecule has 0 aromatic rings. The summed E-state index contributed by atoms with van der Waals surface area (Å²) < 4.78 is 0. The third-order valence-electron chi connectivity index (χ3n) is 3.41. The zero-order valence-electron chi connectivity index (χ0n) is 22.0. The maximum Gasteiger partial charge on any atom is 0.372 e.